The molecule has 0 atom stereocenters. The summed E-state index contributed by atoms with van der Waals surface area (Å²) in [6.45, 7) is 3.58. The third kappa shape index (κ3) is 5.36. The van der Waals surface area contributed by atoms with E-state index in [-0.39, 0.29) is 20.3 Å². The number of methoxy groups -OCH3 is 4. The third-order valence-corrected chi connectivity index (χ3v) is 12.2. The number of nitrogens with zero attached hydrogens (tertiary/aromatic N) is 1. The van der Waals surface area contributed by atoms with Gasteiger partial charge in [-0.3, -0.25) is 4.90 Å². The van der Waals surface area contributed by atoms with Crippen LogP contribution in [0.3, 0.4) is 0 Å². The maximum Gasteiger partial charge on any atom is 0.345 e. The minimum Gasteiger partial charge on any atom is -0.466 e. The molecule has 0 radical (unpaired) electrons. The molecule has 0 saturated carbocycles. The van der Waals surface area contributed by atoms with E-state index in [1.54, 1.807) is 67.3 Å². The number of nitrogens with one attached hydrogen (secondary N) is 1. The number of benzene rings is 2. The van der Waals surface area contributed by atoms with E-state index in [9.17, 15) is 24.0 Å². The lowest BCUT2D eigenvalue weighted by atomic mass is 9.83. The normalized spacial score (nSPS) is 17.7. The van der Waals surface area contributed by atoms with E-state index in [4.69, 9.17) is 30.5 Å². The zero-order chi connectivity index (χ0) is 33.6. The molecule has 0 unspecified atom stereocenters. The van der Waals surface area contributed by atoms with Crippen LogP contribution < -0.4 is 10.2 Å². The van der Waals surface area contributed by atoms with E-state index < -0.39 is 39.5 Å². The highest BCUT2D eigenvalue weighted by atomic mass is 35.5. The van der Waals surface area contributed by atoms with Gasteiger partial charge in [0, 0.05) is 26.8 Å². The molecule has 3 aliphatic rings. The summed E-state index contributed by atoms with van der Waals surface area (Å²) in [5.41, 5.74) is 0.628. The minimum absolute atomic E-state index is 0.123. The van der Waals surface area contributed by atoms with Crippen molar-refractivity contribution in [1.82, 2.24) is 0 Å². The van der Waals surface area contributed by atoms with Crippen LogP contribution in [-0.2, 0) is 38.1 Å². The number of ether oxygens (including phenoxy) is 4. The second-order valence-corrected chi connectivity index (χ2v) is 14.5. The highest BCUT2D eigenvalue weighted by Crippen LogP contribution is 2.71. The van der Waals surface area contributed by atoms with Gasteiger partial charge in [0.15, 0.2) is 0 Å². The number of hydrogen-bond acceptors (Lipinski definition) is 12. The number of halogens is 1. The predicted octanol–water partition coefficient (Wildman–Crippen LogP) is 5.96. The Labute approximate surface area is 282 Å². The number of fused-ring (bicyclic) bond motifs is 3. The summed E-state index contributed by atoms with van der Waals surface area (Å²) in [6, 6.07) is 13.2. The first-order chi connectivity index (χ1) is 21.9. The number of rotatable bonds is 5. The molecule has 15 heteroatoms. The first kappa shape index (κ1) is 33.5. The van der Waals surface area contributed by atoms with Crippen LogP contribution in [0.15, 0.2) is 73.7 Å². The number of para-hydroxylation sites is 1. The van der Waals surface area contributed by atoms with Crippen LogP contribution in [0.25, 0.3) is 5.57 Å². The quantitative estimate of drug-likeness (QED) is 0.291. The molecule has 2 aromatic carbocycles. The summed E-state index contributed by atoms with van der Waals surface area (Å²) in [6.07, 6.45) is 0. The fourth-order valence-corrected chi connectivity index (χ4v) is 10.5. The fraction of sp³-hybridized carbons (Fsp3) is 0.258. The van der Waals surface area contributed by atoms with Crippen LogP contribution >= 0.6 is 46.9 Å². The van der Waals surface area contributed by atoms with Crippen molar-refractivity contribution in [3.05, 3.63) is 84.3 Å². The van der Waals surface area contributed by atoms with Gasteiger partial charge in [0.1, 0.15) is 18.8 Å². The molecule has 1 spiro atoms. The Morgan fingerprint density at radius 2 is 1.26 bits per heavy atom. The number of urea groups is 1. The molecule has 5 rings (SSSR count). The molecule has 2 aromatic rings. The smallest absolute Gasteiger partial charge is 0.345 e. The predicted molar refractivity (Wildman–Crippen MR) is 178 cm³/mol. The maximum absolute atomic E-state index is 14.1. The zero-order valence-electron chi connectivity index (χ0n) is 25.3. The molecule has 46 heavy (non-hydrogen) atoms. The van der Waals surface area contributed by atoms with Gasteiger partial charge < -0.3 is 24.3 Å². The standard InChI is InChI=1S/C31H27ClN2O9S3/c1-30(2)24-19(17-9-7-8-10-18(17)34(30)29(39)33-16-13-11-15(32)12-14-16)31(20(25(35)40-3)21(44-24)26(36)41-4)45-22(27(37)42-5)23(46-31)28(38)43-6/h7-14H,1-6H3,(H,33,39). The lowest BCUT2D eigenvalue weighted by Gasteiger charge is -2.50. The van der Waals surface area contributed by atoms with E-state index >= 15 is 0 Å². The second kappa shape index (κ2) is 12.7. The Kier molecular flexibility index (Phi) is 9.28. The van der Waals surface area contributed by atoms with Crippen molar-refractivity contribution in [1.29, 1.82) is 0 Å². The first-order valence-electron chi connectivity index (χ1n) is 13.5. The van der Waals surface area contributed by atoms with Gasteiger partial charge >= 0.3 is 29.9 Å². The molecule has 0 saturated heterocycles. The summed E-state index contributed by atoms with van der Waals surface area (Å²) in [5, 5.41) is 3.41. The first-order valence-corrected chi connectivity index (χ1v) is 16.3. The Balaban J connectivity index is 1.81. The van der Waals surface area contributed by atoms with Gasteiger partial charge in [0.2, 0.25) is 0 Å². The molecular formula is C31H27ClN2O9S3. The van der Waals surface area contributed by atoms with Gasteiger partial charge in [0.05, 0.1) is 45.2 Å². The van der Waals surface area contributed by atoms with Crippen molar-refractivity contribution in [3.63, 3.8) is 0 Å². The molecule has 0 fully saturated rings. The van der Waals surface area contributed by atoms with E-state index in [1.807, 2.05) is 0 Å². The molecule has 11 nitrogen and oxygen atoms in total. The monoisotopic (exact) mass is 702 g/mol. The van der Waals surface area contributed by atoms with Crippen molar-refractivity contribution in [2.75, 3.05) is 38.7 Å². The summed E-state index contributed by atoms with van der Waals surface area (Å²) >= 11 is 8.73. The van der Waals surface area contributed by atoms with E-state index in [2.05, 4.69) is 5.32 Å². The summed E-state index contributed by atoms with van der Waals surface area (Å²) in [4.78, 5) is 69.2. The van der Waals surface area contributed by atoms with Crippen LogP contribution in [0.1, 0.15) is 19.4 Å². The van der Waals surface area contributed by atoms with Crippen molar-refractivity contribution in [2.45, 2.75) is 23.5 Å². The molecular weight excluding hydrogens is 676 g/mol. The topological polar surface area (TPSA) is 138 Å². The van der Waals surface area contributed by atoms with Crippen LogP contribution in [0.2, 0.25) is 5.02 Å². The highest BCUT2D eigenvalue weighted by molar-refractivity contribution is 8.26. The second-order valence-electron chi connectivity index (χ2n) is 10.3. The fourth-order valence-electron chi connectivity index (χ4n) is 5.34. The number of amides is 2. The molecule has 2 amide bonds. The molecule has 3 aliphatic heterocycles. The molecule has 1 N–H and O–H groups in total. The van der Waals surface area contributed by atoms with Crippen molar-refractivity contribution in [3.8, 4) is 0 Å². The molecule has 0 aliphatic carbocycles. The van der Waals surface area contributed by atoms with Gasteiger partial charge in [-0.1, -0.05) is 65.1 Å². The van der Waals surface area contributed by atoms with Gasteiger partial charge in [-0.05, 0) is 44.2 Å². The van der Waals surface area contributed by atoms with Crippen molar-refractivity contribution >= 4 is 93.7 Å². The van der Waals surface area contributed by atoms with Gasteiger partial charge in [-0.2, -0.15) is 0 Å². The molecule has 3 heterocycles. The van der Waals surface area contributed by atoms with Crippen molar-refractivity contribution in [2.24, 2.45) is 0 Å². The van der Waals surface area contributed by atoms with Crippen molar-refractivity contribution < 1.29 is 42.9 Å². The number of thioether (sulfide) groups is 3. The SMILES string of the molecule is COC(=O)C1=C(C(=O)OC)SC2(S1)C(C(=O)OC)=C(C(=O)OC)SC1=C2c2ccccc2N(C(=O)Nc2ccc(Cl)cc2)C1(C)C. The van der Waals surface area contributed by atoms with E-state index in [1.165, 1.54) is 7.11 Å². The van der Waals surface area contributed by atoms with Crippen LogP contribution in [0.4, 0.5) is 16.2 Å². The minimum atomic E-state index is -1.66. The molecule has 240 valence electrons. The average molecular weight is 703 g/mol. The maximum atomic E-state index is 14.1. The van der Waals surface area contributed by atoms with E-state index in [0.717, 1.165) is 56.6 Å². The molecule has 0 bridgehead atoms. The van der Waals surface area contributed by atoms with Crippen LogP contribution in [0, 0.1) is 0 Å². The van der Waals surface area contributed by atoms with Gasteiger partial charge in [-0.15, -0.1) is 0 Å². The largest absolute Gasteiger partial charge is 0.466 e. The lowest BCUT2D eigenvalue weighted by Crippen LogP contribution is -2.55. The summed E-state index contributed by atoms with van der Waals surface area (Å²) in [5.74, 6) is -3.42. The number of carbonyl (C=O) groups is 5. The highest BCUT2D eigenvalue weighted by Gasteiger charge is 2.61. The number of hydrogen-bond donors (Lipinski definition) is 1. The third-order valence-electron chi connectivity index (χ3n) is 7.34. The van der Waals surface area contributed by atoms with Crippen LogP contribution in [0.5, 0.6) is 0 Å². The number of carbonyl (C=O) groups excluding carboxylic acids is 5. The van der Waals surface area contributed by atoms with E-state index in [0.29, 0.717) is 32.4 Å². The average Bonchev–Trinajstić information content (AvgIpc) is 3.44. The summed E-state index contributed by atoms with van der Waals surface area (Å²) < 4.78 is 18.7. The Bertz CT molecular complexity index is 1760. The van der Waals surface area contributed by atoms with Crippen LogP contribution in [-0.4, -0.2) is 68.0 Å². The van der Waals surface area contributed by atoms with Gasteiger partial charge in [-0.25, -0.2) is 24.0 Å². The number of anilines is 2. The Morgan fingerprint density at radius 1 is 0.739 bits per heavy atom. The summed E-state index contributed by atoms with van der Waals surface area (Å²) in [7, 11) is 4.65. The Hall–Kier alpha value is -3.85. The van der Waals surface area contributed by atoms with Gasteiger partial charge in [0.25, 0.3) is 0 Å². The molecule has 0 aromatic heterocycles. The zero-order valence-corrected chi connectivity index (χ0v) is 28.5. The Morgan fingerprint density at radius 3 is 1.80 bits per heavy atom. The number of esters is 4. The lowest BCUT2D eigenvalue weighted by molar-refractivity contribution is -0.138.